The van der Waals surface area contributed by atoms with E-state index >= 15 is 0 Å². The SMILES string of the molecule is CCn1cnc2sc(C(=O)N3CCN(C=O)CC3)c(C)c2c1=O. The van der Waals surface area contributed by atoms with E-state index in [1.165, 1.54) is 17.7 Å². The summed E-state index contributed by atoms with van der Waals surface area (Å²) >= 11 is 1.27. The van der Waals surface area contributed by atoms with E-state index in [0.717, 1.165) is 6.41 Å². The smallest absolute Gasteiger partial charge is 0.264 e. The number of piperazine rings is 1. The summed E-state index contributed by atoms with van der Waals surface area (Å²) in [6, 6.07) is 0. The summed E-state index contributed by atoms with van der Waals surface area (Å²) in [5.41, 5.74) is 0.601. The van der Waals surface area contributed by atoms with E-state index < -0.39 is 0 Å². The predicted octanol–water partition coefficient (Wildman–Crippen LogP) is 0.701. The van der Waals surface area contributed by atoms with Gasteiger partial charge in [0, 0.05) is 32.7 Å². The topological polar surface area (TPSA) is 75.5 Å². The van der Waals surface area contributed by atoms with E-state index in [1.807, 2.05) is 6.92 Å². The summed E-state index contributed by atoms with van der Waals surface area (Å²) in [7, 11) is 0. The van der Waals surface area contributed by atoms with Gasteiger partial charge in [-0.2, -0.15) is 0 Å². The van der Waals surface area contributed by atoms with Crippen LogP contribution in [0.5, 0.6) is 0 Å². The van der Waals surface area contributed by atoms with Crippen LogP contribution in [0.15, 0.2) is 11.1 Å². The van der Waals surface area contributed by atoms with Crippen molar-refractivity contribution < 1.29 is 9.59 Å². The summed E-state index contributed by atoms with van der Waals surface area (Å²) in [5, 5.41) is 0.536. The first kappa shape index (κ1) is 15.7. The van der Waals surface area contributed by atoms with Gasteiger partial charge in [0.25, 0.3) is 11.5 Å². The van der Waals surface area contributed by atoms with Crippen LogP contribution in [0.3, 0.4) is 0 Å². The molecule has 2 amide bonds. The fourth-order valence-corrected chi connectivity index (χ4v) is 3.87. The fraction of sp³-hybridized carbons (Fsp3) is 0.467. The molecule has 7 nitrogen and oxygen atoms in total. The monoisotopic (exact) mass is 334 g/mol. The molecule has 1 aliphatic heterocycles. The van der Waals surface area contributed by atoms with Gasteiger partial charge in [0.2, 0.25) is 6.41 Å². The highest BCUT2D eigenvalue weighted by Gasteiger charge is 2.26. The summed E-state index contributed by atoms with van der Waals surface area (Å²) in [4.78, 5) is 44.8. The molecule has 122 valence electrons. The summed E-state index contributed by atoms with van der Waals surface area (Å²) in [6.45, 7) is 6.34. The third-order valence-electron chi connectivity index (χ3n) is 4.20. The van der Waals surface area contributed by atoms with Crippen LogP contribution in [0.2, 0.25) is 0 Å². The number of aromatic nitrogens is 2. The van der Waals surface area contributed by atoms with E-state index in [4.69, 9.17) is 0 Å². The molecule has 0 unspecified atom stereocenters. The van der Waals surface area contributed by atoms with Gasteiger partial charge in [0.05, 0.1) is 16.6 Å². The molecule has 1 saturated heterocycles. The second-order valence-electron chi connectivity index (χ2n) is 5.51. The standard InChI is InChI=1S/C15H18N4O3S/c1-3-18-8-16-13-11(14(18)21)10(2)12(23-13)15(22)19-6-4-17(9-20)5-7-19/h8-9H,3-7H2,1-2H3. The molecule has 8 heteroatoms. The lowest BCUT2D eigenvalue weighted by Gasteiger charge is -2.32. The maximum Gasteiger partial charge on any atom is 0.264 e. The van der Waals surface area contributed by atoms with Crippen molar-refractivity contribution in [1.82, 2.24) is 19.4 Å². The van der Waals surface area contributed by atoms with Crippen LogP contribution in [-0.4, -0.2) is 57.8 Å². The van der Waals surface area contributed by atoms with E-state index in [1.54, 1.807) is 21.3 Å². The molecule has 1 aliphatic rings. The zero-order valence-corrected chi connectivity index (χ0v) is 13.9. The Kier molecular flexibility index (Phi) is 4.16. The molecule has 3 rings (SSSR count). The van der Waals surface area contributed by atoms with Crippen LogP contribution >= 0.6 is 11.3 Å². The van der Waals surface area contributed by atoms with Gasteiger partial charge in [-0.05, 0) is 19.4 Å². The molecule has 0 saturated carbocycles. The molecule has 0 spiro atoms. The van der Waals surface area contributed by atoms with Crippen LogP contribution in [0, 0.1) is 6.92 Å². The van der Waals surface area contributed by atoms with E-state index in [0.29, 0.717) is 53.4 Å². The minimum atomic E-state index is -0.101. The molecule has 1 fully saturated rings. The molecule has 23 heavy (non-hydrogen) atoms. The van der Waals surface area contributed by atoms with E-state index in [-0.39, 0.29) is 11.5 Å². The highest BCUT2D eigenvalue weighted by Crippen LogP contribution is 2.28. The van der Waals surface area contributed by atoms with Gasteiger partial charge in [0.15, 0.2) is 0 Å². The van der Waals surface area contributed by atoms with Crippen LogP contribution in [-0.2, 0) is 11.3 Å². The summed E-state index contributed by atoms with van der Waals surface area (Å²) < 4.78 is 1.54. The van der Waals surface area contributed by atoms with Gasteiger partial charge in [-0.15, -0.1) is 11.3 Å². The largest absolute Gasteiger partial charge is 0.342 e. The number of carbonyl (C=O) groups is 2. The predicted molar refractivity (Wildman–Crippen MR) is 87.8 cm³/mol. The van der Waals surface area contributed by atoms with Gasteiger partial charge in [0.1, 0.15) is 4.83 Å². The average molecular weight is 334 g/mol. The minimum absolute atomic E-state index is 0.0847. The van der Waals surface area contributed by atoms with Gasteiger partial charge < -0.3 is 9.80 Å². The third kappa shape index (κ3) is 2.63. The van der Waals surface area contributed by atoms with E-state index in [2.05, 4.69) is 4.98 Å². The Morgan fingerprint density at radius 1 is 1.35 bits per heavy atom. The van der Waals surface area contributed by atoms with Gasteiger partial charge in [-0.3, -0.25) is 19.0 Å². The summed E-state index contributed by atoms with van der Waals surface area (Å²) in [6.07, 6.45) is 2.33. The lowest BCUT2D eigenvalue weighted by atomic mass is 10.2. The quantitative estimate of drug-likeness (QED) is 0.775. The Bertz CT molecular complexity index is 818. The zero-order valence-electron chi connectivity index (χ0n) is 13.1. The van der Waals surface area contributed by atoms with Gasteiger partial charge >= 0.3 is 0 Å². The number of hydrogen-bond acceptors (Lipinski definition) is 5. The molecular weight excluding hydrogens is 316 g/mol. The first-order chi connectivity index (χ1) is 11.1. The van der Waals surface area contributed by atoms with Crippen LogP contribution in [0.25, 0.3) is 10.2 Å². The number of amides is 2. The van der Waals surface area contributed by atoms with Gasteiger partial charge in [-0.25, -0.2) is 4.98 Å². The molecule has 2 aromatic heterocycles. The van der Waals surface area contributed by atoms with Crippen molar-refractivity contribution in [1.29, 1.82) is 0 Å². The Hall–Kier alpha value is -2.22. The molecule has 0 aliphatic carbocycles. The normalized spacial score (nSPS) is 15.2. The second-order valence-corrected chi connectivity index (χ2v) is 6.50. The number of aryl methyl sites for hydroxylation is 2. The van der Waals surface area contributed by atoms with Crippen LogP contribution in [0.1, 0.15) is 22.2 Å². The van der Waals surface area contributed by atoms with Crippen molar-refractivity contribution in [2.24, 2.45) is 0 Å². The maximum atomic E-state index is 12.7. The van der Waals surface area contributed by atoms with Crippen molar-refractivity contribution in [3.05, 3.63) is 27.1 Å². The fourth-order valence-electron chi connectivity index (χ4n) is 2.76. The highest BCUT2D eigenvalue weighted by atomic mass is 32.1. The first-order valence-electron chi connectivity index (χ1n) is 7.54. The number of thiophene rings is 1. The molecule has 0 atom stereocenters. The summed E-state index contributed by atoms with van der Waals surface area (Å²) in [5.74, 6) is -0.0847. The number of fused-ring (bicyclic) bond motifs is 1. The van der Waals surface area contributed by atoms with Gasteiger partial charge in [-0.1, -0.05) is 0 Å². The molecule has 3 heterocycles. The average Bonchev–Trinajstić information content (AvgIpc) is 2.92. The van der Waals surface area contributed by atoms with Crippen LogP contribution < -0.4 is 5.56 Å². The number of hydrogen-bond donors (Lipinski definition) is 0. The highest BCUT2D eigenvalue weighted by molar-refractivity contribution is 7.20. The number of rotatable bonds is 3. The maximum absolute atomic E-state index is 12.7. The molecule has 0 radical (unpaired) electrons. The Morgan fingerprint density at radius 2 is 2.04 bits per heavy atom. The van der Waals surface area contributed by atoms with Crippen molar-refractivity contribution >= 4 is 33.9 Å². The zero-order chi connectivity index (χ0) is 16.6. The van der Waals surface area contributed by atoms with Crippen molar-refractivity contribution in [3.8, 4) is 0 Å². The van der Waals surface area contributed by atoms with Crippen LogP contribution in [0.4, 0.5) is 0 Å². The lowest BCUT2D eigenvalue weighted by molar-refractivity contribution is -0.119. The van der Waals surface area contributed by atoms with Crippen molar-refractivity contribution in [2.45, 2.75) is 20.4 Å². The molecule has 2 aromatic rings. The molecule has 0 N–H and O–H groups in total. The van der Waals surface area contributed by atoms with Crippen molar-refractivity contribution in [3.63, 3.8) is 0 Å². The Morgan fingerprint density at radius 3 is 2.65 bits per heavy atom. The molecule has 0 bridgehead atoms. The number of nitrogens with zero attached hydrogens (tertiary/aromatic N) is 4. The minimum Gasteiger partial charge on any atom is -0.342 e. The van der Waals surface area contributed by atoms with E-state index in [9.17, 15) is 14.4 Å². The first-order valence-corrected chi connectivity index (χ1v) is 8.35. The lowest BCUT2D eigenvalue weighted by Crippen LogP contribution is -2.48. The third-order valence-corrected chi connectivity index (χ3v) is 5.39. The Labute approximate surface area is 137 Å². The number of carbonyl (C=O) groups excluding carboxylic acids is 2. The van der Waals surface area contributed by atoms with Crippen molar-refractivity contribution in [2.75, 3.05) is 26.2 Å². The molecule has 0 aromatic carbocycles. The second kappa shape index (κ2) is 6.11. The molecular formula is C15H18N4O3S. The Balaban J connectivity index is 1.96.